The van der Waals surface area contributed by atoms with Crippen LogP contribution in [0, 0.1) is 5.41 Å². The zero-order valence-corrected chi connectivity index (χ0v) is 16.1. The average Bonchev–Trinajstić information content (AvgIpc) is 2.87. The average molecular weight is 373 g/mol. The summed E-state index contributed by atoms with van der Waals surface area (Å²) in [6.45, 7) is 2.40. The van der Waals surface area contributed by atoms with Gasteiger partial charge in [0.25, 0.3) is 5.91 Å². The number of likely N-dealkylation sites (N-methyl/N-ethyl adjacent to an activating group) is 1. The molecule has 0 radical (unpaired) electrons. The SMILES string of the molecule is COC(=N)c1ccc(N2C(=O)N(CCN(C)C)C(=O)C23CCNCC3)cc1. The molecular weight excluding hydrogens is 346 g/mol. The fraction of sp³-hybridized carbons (Fsp3) is 0.526. The van der Waals surface area contributed by atoms with E-state index in [-0.39, 0.29) is 17.8 Å². The number of anilines is 1. The van der Waals surface area contributed by atoms with Crippen LogP contribution in [0.3, 0.4) is 0 Å². The van der Waals surface area contributed by atoms with Gasteiger partial charge in [-0.25, -0.2) is 4.79 Å². The van der Waals surface area contributed by atoms with E-state index in [1.54, 1.807) is 29.2 Å². The van der Waals surface area contributed by atoms with Crippen molar-refractivity contribution in [3.8, 4) is 0 Å². The first kappa shape index (κ1) is 19.3. The van der Waals surface area contributed by atoms with Gasteiger partial charge in [0.2, 0.25) is 5.90 Å². The number of hydrogen-bond acceptors (Lipinski definition) is 6. The zero-order chi connectivity index (χ0) is 19.6. The van der Waals surface area contributed by atoms with Crippen LogP contribution in [-0.4, -0.2) is 80.6 Å². The number of piperidine rings is 1. The Bertz CT molecular complexity index is 725. The number of benzene rings is 1. The third kappa shape index (κ3) is 3.42. The fourth-order valence-corrected chi connectivity index (χ4v) is 3.75. The molecule has 2 fully saturated rings. The largest absolute Gasteiger partial charge is 0.481 e. The van der Waals surface area contributed by atoms with Gasteiger partial charge in [-0.1, -0.05) is 0 Å². The summed E-state index contributed by atoms with van der Waals surface area (Å²) in [5.41, 5.74) is 0.476. The molecule has 2 heterocycles. The van der Waals surface area contributed by atoms with Crippen molar-refractivity contribution >= 4 is 23.5 Å². The van der Waals surface area contributed by atoms with Crippen molar-refractivity contribution in [1.82, 2.24) is 15.1 Å². The summed E-state index contributed by atoms with van der Waals surface area (Å²) >= 11 is 0. The molecule has 0 unspecified atom stereocenters. The fourth-order valence-electron chi connectivity index (χ4n) is 3.75. The number of carbonyl (C=O) groups is 2. The number of urea groups is 1. The van der Waals surface area contributed by atoms with E-state index in [0.717, 1.165) is 0 Å². The number of ether oxygens (including phenoxy) is 1. The normalized spacial score (nSPS) is 19.3. The van der Waals surface area contributed by atoms with Crippen molar-refractivity contribution in [3.63, 3.8) is 0 Å². The second kappa shape index (κ2) is 7.66. The highest BCUT2D eigenvalue weighted by atomic mass is 16.5. The van der Waals surface area contributed by atoms with E-state index in [1.807, 2.05) is 19.0 Å². The minimum Gasteiger partial charge on any atom is -0.481 e. The van der Waals surface area contributed by atoms with Crippen molar-refractivity contribution in [2.45, 2.75) is 18.4 Å². The van der Waals surface area contributed by atoms with Gasteiger partial charge in [-0.05, 0) is 64.3 Å². The van der Waals surface area contributed by atoms with Crippen LogP contribution in [0.5, 0.6) is 0 Å². The van der Waals surface area contributed by atoms with Gasteiger partial charge in [0.15, 0.2) is 0 Å². The van der Waals surface area contributed by atoms with Crippen molar-refractivity contribution in [3.05, 3.63) is 29.8 Å². The van der Waals surface area contributed by atoms with E-state index >= 15 is 0 Å². The Morgan fingerprint density at radius 1 is 1.22 bits per heavy atom. The number of hydrogen-bond donors (Lipinski definition) is 2. The van der Waals surface area contributed by atoms with Gasteiger partial charge in [-0.2, -0.15) is 0 Å². The van der Waals surface area contributed by atoms with Crippen LogP contribution in [0.1, 0.15) is 18.4 Å². The van der Waals surface area contributed by atoms with Crippen molar-refractivity contribution < 1.29 is 14.3 Å². The van der Waals surface area contributed by atoms with Crippen LogP contribution < -0.4 is 10.2 Å². The lowest BCUT2D eigenvalue weighted by molar-refractivity contribution is -0.131. The number of methoxy groups -OCH3 is 1. The van der Waals surface area contributed by atoms with E-state index in [0.29, 0.717) is 50.3 Å². The molecule has 2 aliphatic heterocycles. The minimum absolute atomic E-state index is 0.0644. The van der Waals surface area contributed by atoms with E-state index in [2.05, 4.69) is 5.32 Å². The minimum atomic E-state index is -0.828. The number of carbonyl (C=O) groups excluding carboxylic acids is 2. The standard InChI is InChI=1S/C19H27N5O3/c1-22(2)12-13-23-17(25)19(8-10-21-11-9-19)24(18(23)26)15-6-4-14(5-7-15)16(20)27-3/h4-7,20-21H,8-13H2,1-3H3. The summed E-state index contributed by atoms with van der Waals surface area (Å²) in [6.07, 6.45) is 1.18. The summed E-state index contributed by atoms with van der Waals surface area (Å²) in [5, 5.41) is 11.0. The summed E-state index contributed by atoms with van der Waals surface area (Å²) in [4.78, 5) is 31.5. The lowest BCUT2D eigenvalue weighted by atomic mass is 9.86. The first-order valence-corrected chi connectivity index (χ1v) is 9.15. The smallest absolute Gasteiger partial charge is 0.332 e. The molecule has 0 bridgehead atoms. The number of imide groups is 1. The van der Waals surface area contributed by atoms with E-state index in [1.165, 1.54) is 12.0 Å². The van der Waals surface area contributed by atoms with Crippen LogP contribution in [0.25, 0.3) is 0 Å². The Kier molecular flexibility index (Phi) is 5.48. The first-order chi connectivity index (χ1) is 12.9. The van der Waals surface area contributed by atoms with Crippen LogP contribution in [0.4, 0.5) is 10.5 Å². The monoisotopic (exact) mass is 373 g/mol. The third-order valence-electron chi connectivity index (χ3n) is 5.29. The Morgan fingerprint density at radius 3 is 2.41 bits per heavy atom. The Hall–Kier alpha value is -2.45. The third-order valence-corrected chi connectivity index (χ3v) is 5.29. The van der Waals surface area contributed by atoms with Gasteiger partial charge in [0, 0.05) is 24.3 Å². The predicted molar refractivity (Wildman–Crippen MR) is 103 cm³/mol. The van der Waals surface area contributed by atoms with Gasteiger partial charge in [-0.15, -0.1) is 0 Å². The highest BCUT2D eigenvalue weighted by molar-refractivity contribution is 6.17. The van der Waals surface area contributed by atoms with E-state index in [9.17, 15) is 9.59 Å². The van der Waals surface area contributed by atoms with Crippen molar-refractivity contribution in [1.29, 1.82) is 5.41 Å². The number of amides is 3. The summed E-state index contributed by atoms with van der Waals surface area (Å²) in [5.74, 6) is -0.0425. The highest BCUT2D eigenvalue weighted by Crippen LogP contribution is 2.39. The molecule has 1 aromatic rings. The van der Waals surface area contributed by atoms with Crippen LogP contribution in [-0.2, 0) is 9.53 Å². The maximum absolute atomic E-state index is 13.3. The van der Waals surface area contributed by atoms with Gasteiger partial charge in [-0.3, -0.25) is 20.0 Å². The highest BCUT2D eigenvalue weighted by Gasteiger charge is 2.57. The molecule has 2 aliphatic rings. The summed E-state index contributed by atoms with van der Waals surface area (Å²) in [7, 11) is 5.30. The first-order valence-electron chi connectivity index (χ1n) is 9.15. The number of rotatable bonds is 5. The van der Waals surface area contributed by atoms with Crippen LogP contribution >= 0.6 is 0 Å². The van der Waals surface area contributed by atoms with Crippen LogP contribution in [0.15, 0.2) is 24.3 Å². The molecule has 2 N–H and O–H groups in total. The van der Waals surface area contributed by atoms with Crippen LogP contribution in [0.2, 0.25) is 0 Å². The maximum Gasteiger partial charge on any atom is 0.332 e. The summed E-state index contributed by atoms with van der Waals surface area (Å²) < 4.78 is 4.95. The molecule has 0 aromatic heterocycles. The molecule has 2 saturated heterocycles. The van der Waals surface area contributed by atoms with E-state index < -0.39 is 5.54 Å². The molecule has 3 rings (SSSR count). The van der Waals surface area contributed by atoms with Gasteiger partial charge < -0.3 is 15.0 Å². The molecule has 0 aliphatic carbocycles. The number of nitrogens with one attached hydrogen (secondary N) is 2. The van der Waals surface area contributed by atoms with Gasteiger partial charge in [0.1, 0.15) is 5.54 Å². The van der Waals surface area contributed by atoms with Crippen molar-refractivity contribution in [2.24, 2.45) is 0 Å². The predicted octanol–water partition coefficient (Wildman–Crippen LogP) is 1.11. The molecular formula is C19H27N5O3. The topological polar surface area (TPSA) is 89.0 Å². The molecule has 3 amide bonds. The number of nitrogens with zero attached hydrogens (tertiary/aromatic N) is 3. The molecule has 1 spiro atoms. The molecule has 8 nitrogen and oxygen atoms in total. The molecule has 8 heteroatoms. The van der Waals surface area contributed by atoms with E-state index in [4.69, 9.17) is 10.1 Å². The summed E-state index contributed by atoms with van der Waals surface area (Å²) in [6, 6.07) is 6.80. The molecule has 27 heavy (non-hydrogen) atoms. The Balaban J connectivity index is 1.96. The molecule has 146 valence electrons. The van der Waals surface area contributed by atoms with Gasteiger partial charge >= 0.3 is 6.03 Å². The maximum atomic E-state index is 13.3. The lowest BCUT2D eigenvalue weighted by Gasteiger charge is -2.38. The Labute approximate surface area is 159 Å². The van der Waals surface area contributed by atoms with Gasteiger partial charge in [0.05, 0.1) is 7.11 Å². The Morgan fingerprint density at radius 2 is 1.85 bits per heavy atom. The molecule has 1 aromatic carbocycles. The second-order valence-electron chi connectivity index (χ2n) is 7.24. The molecule has 0 saturated carbocycles. The molecule has 0 atom stereocenters. The zero-order valence-electron chi connectivity index (χ0n) is 16.1. The second-order valence-corrected chi connectivity index (χ2v) is 7.24. The quantitative estimate of drug-likeness (QED) is 0.459. The van der Waals surface area contributed by atoms with Crippen molar-refractivity contribution in [2.75, 3.05) is 52.3 Å². The lowest BCUT2D eigenvalue weighted by Crippen LogP contribution is -2.56.